The lowest BCUT2D eigenvalue weighted by Crippen LogP contribution is -2.31. The van der Waals surface area contributed by atoms with Crippen LogP contribution in [0.5, 0.6) is 0 Å². The molecule has 5 heteroatoms. The molecule has 1 saturated heterocycles. The topological polar surface area (TPSA) is 69.4 Å². The molecule has 0 aromatic rings. The van der Waals surface area contributed by atoms with Gasteiger partial charge in [-0.1, -0.05) is 0 Å². The van der Waals surface area contributed by atoms with Crippen LogP contribution in [-0.4, -0.2) is 17.5 Å². The molecule has 2 atom stereocenters. The summed E-state index contributed by atoms with van der Waals surface area (Å²) in [6, 6.07) is 0. The van der Waals surface area contributed by atoms with Crippen molar-refractivity contribution in [3.63, 3.8) is 0 Å². The van der Waals surface area contributed by atoms with Crippen LogP contribution < -0.4 is 5.73 Å². The van der Waals surface area contributed by atoms with Crippen LogP contribution in [0.1, 0.15) is 6.42 Å². The summed E-state index contributed by atoms with van der Waals surface area (Å²) in [5.41, 5.74) is 4.47. The van der Waals surface area contributed by atoms with Crippen molar-refractivity contribution in [3.05, 3.63) is 0 Å². The van der Waals surface area contributed by atoms with E-state index in [-0.39, 0.29) is 18.3 Å². The molecular formula is C5H6ClNO3. The van der Waals surface area contributed by atoms with Gasteiger partial charge in [0.15, 0.2) is 0 Å². The van der Waals surface area contributed by atoms with E-state index in [9.17, 15) is 9.59 Å². The van der Waals surface area contributed by atoms with Crippen molar-refractivity contribution in [1.82, 2.24) is 0 Å². The number of nitrogens with two attached hydrogens (primary N) is 1. The minimum atomic E-state index is -0.920. The molecule has 0 aromatic heterocycles. The predicted molar refractivity (Wildman–Crippen MR) is 33.4 cm³/mol. The summed E-state index contributed by atoms with van der Waals surface area (Å²) >= 11 is 0. The van der Waals surface area contributed by atoms with Gasteiger partial charge in [-0.05, 0) is 6.42 Å². The first-order valence-electron chi connectivity index (χ1n) is 2.69. The average molecular weight is 164 g/mol. The lowest BCUT2D eigenvalue weighted by molar-refractivity contribution is -0.155. The number of hydrogen-bond acceptors (Lipinski definition) is 4. The highest BCUT2D eigenvalue weighted by atomic mass is 35.5. The van der Waals surface area contributed by atoms with Crippen LogP contribution in [-0.2, 0) is 14.3 Å². The lowest BCUT2D eigenvalue weighted by Gasteiger charge is -1.95. The standard InChI is InChI=1S/C5H5NO3.ClH/c6-5-1-2(5)3(7)9-4(5)8;/h2H,1,6H2;1H. The molecule has 2 rings (SSSR count). The second-order valence-corrected chi connectivity index (χ2v) is 2.51. The number of carbonyl (C=O) groups excluding carboxylic acids is 2. The lowest BCUT2D eigenvalue weighted by atomic mass is 10.3. The van der Waals surface area contributed by atoms with Gasteiger partial charge in [0.25, 0.3) is 0 Å². The monoisotopic (exact) mass is 163 g/mol. The van der Waals surface area contributed by atoms with E-state index in [4.69, 9.17) is 5.73 Å². The molecule has 0 amide bonds. The van der Waals surface area contributed by atoms with Crippen LogP contribution in [0.3, 0.4) is 0 Å². The molecule has 0 aromatic carbocycles. The second kappa shape index (κ2) is 1.71. The molecule has 0 bridgehead atoms. The first-order chi connectivity index (χ1) is 4.14. The molecule has 1 aliphatic heterocycles. The zero-order valence-electron chi connectivity index (χ0n) is 4.99. The maximum atomic E-state index is 10.6. The smallest absolute Gasteiger partial charge is 0.334 e. The second-order valence-electron chi connectivity index (χ2n) is 2.51. The molecule has 0 spiro atoms. The van der Waals surface area contributed by atoms with Crippen LogP contribution in [0, 0.1) is 5.92 Å². The van der Waals surface area contributed by atoms with Gasteiger partial charge in [-0.25, -0.2) is 4.79 Å². The Labute approximate surface area is 63.1 Å². The molecule has 2 fully saturated rings. The van der Waals surface area contributed by atoms with Crippen molar-refractivity contribution < 1.29 is 14.3 Å². The molecule has 1 saturated carbocycles. The van der Waals surface area contributed by atoms with Crippen molar-refractivity contribution in [2.75, 3.05) is 0 Å². The third kappa shape index (κ3) is 0.602. The van der Waals surface area contributed by atoms with E-state index < -0.39 is 17.5 Å². The number of rotatable bonds is 0. The fraction of sp³-hybridized carbons (Fsp3) is 0.600. The number of esters is 2. The third-order valence-corrected chi connectivity index (χ3v) is 1.86. The Bertz CT molecular complexity index is 217. The SMILES string of the molecule is Cl.NC12CC1C(=O)OC2=O. The average Bonchev–Trinajstić information content (AvgIpc) is 2.38. The maximum absolute atomic E-state index is 10.6. The van der Waals surface area contributed by atoms with E-state index in [0.29, 0.717) is 6.42 Å². The molecule has 1 heterocycles. The fourth-order valence-corrected chi connectivity index (χ4v) is 1.06. The summed E-state index contributed by atoms with van der Waals surface area (Å²) in [6.45, 7) is 0. The highest BCUT2D eigenvalue weighted by molar-refractivity contribution is 6.06. The van der Waals surface area contributed by atoms with Gasteiger partial charge in [-0.15, -0.1) is 12.4 Å². The Morgan fingerprint density at radius 2 is 2.20 bits per heavy atom. The molecule has 2 unspecified atom stereocenters. The zero-order valence-corrected chi connectivity index (χ0v) is 5.81. The number of fused-ring (bicyclic) bond motifs is 1. The highest BCUT2D eigenvalue weighted by Crippen LogP contribution is 2.47. The van der Waals surface area contributed by atoms with Crippen LogP contribution in [0.15, 0.2) is 0 Å². The number of cyclic esters (lactones) is 2. The van der Waals surface area contributed by atoms with Gasteiger partial charge in [-0.3, -0.25) is 4.79 Å². The van der Waals surface area contributed by atoms with Gasteiger partial charge in [0.1, 0.15) is 5.54 Å². The molecule has 1 aliphatic carbocycles. The maximum Gasteiger partial charge on any atom is 0.334 e. The van der Waals surface area contributed by atoms with E-state index in [1.807, 2.05) is 0 Å². The van der Waals surface area contributed by atoms with E-state index in [1.165, 1.54) is 0 Å². The minimum absolute atomic E-state index is 0. The van der Waals surface area contributed by atoms with Crippen molar-refractivity contribution in [1.29, 1.82) is 0 Å². The first-order valence-corrected chi connectivity index (χ1v) is 2.69. The van der Waals surface area contributed by atoms with Crippen LogP contribution in [0.4, 0.5) is 0 Å². The first kappa shape index (κ1) is 7.50. The Kier molecular flexibility index (Phi) is 1.28. The Morgan fingerprint density at radius 1 is 1.60 bits per heavy atom. The molecule has 56 valence electrons. The van der Waals surface area contributed by atoms with Crippen molar-refractivity contribution in [3.8, 4) is 0 Å². The Balaban J connectivity index is 0.000000500. The quantitative estimate of drug-likeness (QED) is 0.375. The summed E-state index contributed by atoms with van der Waals surface area (Å²) in [6.07, 6.45) is 0.477. The largest absolute Gasteiger partial charge is 0.391 e. The Hall–Kier alpha value is -0.610. The predicted octanol–water partition coefficient (Wildman–Crippen LogP) is -0.791. The summed E-state index contributed by atoms with van der Waals surface area (Å²) in [4.78, 5) is 21.1. The minimum Gasteiger partial charge on any atom is -0.391 e. The molecule has 0 radical (unpaired) electrons. The normalized spacial score (nSPS) is 41.9. The van der Waals surface area contributed by atoms with Crippen LogP contribution in [0.2, 0.25) is 0 Å². The van der Waals surface area contributed by atoms with E-state index in [1.54, 1.807) is 0 Å². The van der Waals surface area contributed by atoms with Gasteiger partial charge < -0.3 is 10.5 Å². The van der Waals surface area contributed by atoms with E-state index in [2.05, 4.69) is 4.74 Å². The summed E-state index contributed by atoms with van der Waals surface area (Å²) in [5, 5.41) is 0. The summed E-state index contributed by atoms with van der Waals surface area (Å²) in [5.74, 6) is -1.34. The number of halogens is 1. The van der Waals surface area contributed by atoms with E-state index >= 15 is 0 Å². The fourth-order valence-electron chi connectivity index (χ4n) is 1.06. The van der Waals surface area contributed by atoms with Crippen molar-refractivity contribution in [2.45, 2.75) is 12.0 Å². The third-order valence-electron chi connectivity index (χ3n) is 1.86. The molecule has 10 heavy (non-hydrogen) atoms. The van der Waals surface area contributed by atoms with Gasteiger partial charge >= 0.3 is 11.9 Å². The summed E-state index contributed by atoms with van der Waals surface area (Å²) in [7, 11) is 0. The summed E-state index contributed by atoms with van der Waals surface area (Å²) < 4.78 is 4.22. The Morgan fingerprint density at radius 3 is 2.30 bits per heavy atom. The van der Waals surface area contributed by atoms with Crippen molar-refractivity contribution >= 4 is 24.3 Å². The van der Waals surface area contributed by atoms with E-state index in [0.717, 1.165) is 0 Å². The van der Waals surface area contributed by atoms with Gasteiger partial charge in [0.2, 0.25) is 0 Å². The number of hydrogen-bond donors (Lipinski definition) is 1. The van der Waals surface area contributed by atoms with Crippen LogP contribution >= 0.6 is 12.4 Å². The molecule has 4 nitrogen and oxygen atoms in total. The van der Waals surface area contributed by atoms with Gasteiger partial charge in [-0.2, -0.15) is 0 Å². The zero-order chi connectivity index (χ0) is 6.65. The molecule has 2 N–H and O–H groups in total. The molecular weight excluding hydrogens is 158 g/mol. The highest BCUT2D eigenvalue weighted by Gasteiger charge is 2.69. The molecule has 2 aliphatic rings. The number of ether oxygens (including phenoxy) is 1. The van der Waals surface area contributed by atoms with Crippen LogP contribution in [0.25, 0.3) is 0 Å². The van der Waals surface area contributed by atoms with Gasteiger partial charge in [0, 0.05) is 0 Å². The number of carbonyl (C=O) groups is 2. The van der Waals surface area contributed by atoms with Gasteiger partial charge in [0.05, 0.1) is 5.92 Å². The van der Waals surface area contributed by atoms with Crippen molar-refractivity contribution in [2.24, 2.45) is 11.7 Å².